The smallest absolute Gasteiger partial charge is 0.475 e. The number of benzene rings is 2. The minimum absolute atomic E-state index is 0.00759. The van der Waals surface area contributed by atoms with Gasteiger partial charge in [0, 0.05) is 36.4 Å². The van der Waals surface area contributed by atoms with Gasteiger partial charge in [0.25, 0.3) is 0 Å². The van der Waals surface area contributed by atoms with E-state index in [-0.39, 0.29) is 24.0 Å². The van der Waals surface area contributed by atoms with Gasteiger partial charge in [-0.15, -0.1) is 0 Å². The fourth-order valence-corrected chi connectivity index (χ4v) is 4.52. The summed E-state index contributed by atoms with van der Waals surface area (Å²) in [7, 11) is -2.42. The van der Waals surface area contributed by atoms with Crippen LogP contribution >= 0.6 is 0 Å². The molecule has 0 fully saturated rings. The van der Waals surface area contributed by atoms with Gasteiger partial charge in [-0.1, -0.05) is 17.3 Å². The third-order valence-corrected chi connectivity index (χ3v) is 7.06. The van der Waals surface area contributed by atoms with Gasteiger partial charge in [-0.25, -0.2) is 26.4 Å². The molecule has 214 valence electrons. The highest BCUT2D eigenvalue weighted by molar-refractivity contribution is 7.90. The Bertz CT molecular complexity index is 1360. The second-order valence-corrected chi connectivity index (χ2v) is 10.5. The Labute approximate surface area is 220 Å². The number of hydrogen-bond donors (Lipinski definition) is 2. The molecule has 0 aliphatic heterocycles. The maximum absolute atomic E-state index is 14.6. The summed E-state index contributed by atoms with van der Waals surface area (Å²) in [5.41, 5.74) is 1.13. The lowest BCUT2D eigenvalue weighted by Crippen LogP contribution is -2.26. The first kappa shape index (κ1) is 31.6. The standard InChI is InChI=1S/C22H24F3N3O3S.C2HF3O2/c1-14(2)28(3)12-15-5-4-6-19(23)18(15)11-26-17-9-20(24)22(21(25)10-17)32(29,30)13-16-7-8-31-27-16;3-2(4,5)1(6)7/h4-10,14,26H,11-13H2,1-3H3;(H,6,7). The van der Waals surface area contributed by atoms with Crippen molar-refractivity contribution in [3.63, 3.8) is 0 Å². The fourth-order valence-electron chi connectivity index (χ4n) is 3.13. The number of nitrogens with one attached hydrogen (secondary N) is 1. The van der Waals surface area contributed by atoms with Gasteiger partial charge in [-0.05, 0) is 44.7 Å². The van der Waals surface area contributed by atoms with E-state index in [0.717, 1.165) is 17.7 Å². The molecule has 3 aromatic rings. The van der Waals surface area contributed by atoms with Crippen molar-refractivity contribution < 1.29 is 49.2 Å². The molecule has 1 heterocycles. The summed E-state index contributed by atoms with van der Waals surface area (Å²) in [6, 6.07) is 8.01. The van der Waals surface area contributed by atoms with Gasteiger partial charge in [0.2, 0.25) is 0 Å². The molecule has 0 aliphatic carbocycles. The van der Waals surface area contributed by atoms with E-state index in [1.165, 1.54) is 18.4 Å². The zero-order valence-electron chi connectivity index (χ0n) is 20.9. The molecular formula is C24H25F6N3O5S. The Kier molecular flexibility index (Phi) is 10.5. The SMILES string of the molecule is CC(C)N(C)Cc1cccc(F)c1CNc1cc(F)c(S(=O)(=O)Cc2ccon2)c(F)c1.O=C(O)C(F)(F)F. The molecule has 0 spiro atoms. The maximum atomic E-state index is 14.6. The van der Waals surface area contributed by atoms with Crippen LogP contribution < -0.4 is 5.32 Å². The predicted octanol–water partition coefficient (Wildman–Crippen LogP) is 5.15. The second kappa shape index (κ2) is 13.0. The van der Waals surface area contributed by atoms with Crippen LogP contribution in [0.1, 0.15) is 30.7 Å². The highest BCUT2D eigenvalue weighted by atomic mass is 32.2. The molecule has 2 aromatic carbocycles. The van der Waals surface area contributed by atoms with Crippen LogP contribution in [0.15, 0.2) is 52.1 Å². The Balaban J connectivity index is 0.000000673. The molecule has 0 unspecified atom stereocenters. The lowest BCUT2D eigenvalue weighted by Gasteiger charge is -2.23. The van der Waals surface area contributed by atoms with Crippen molar-refractivity contribution in [2.45, 2.75) is 49.8 Å². The van der Waals surface area contributed by atoms with Crippen LogP contribution in [0.5, 0.6) is 0 Å². The Morgan fingerprint density at radius 3 is 2.18 bits per heavy atom. The molecule has 0 atom stereocenters. The van der Waals surface area contributed by atoms with Crippen molar-refractivity contribution in [1.29, 1.82) is 0 Å². The highest BCUT2D eigenvalue weighted by Crippen LogP contribution is 2.27. The highest BCUT2D eigenvalue weighted by Gasteiger charge is 2.38. The number of hydrogen-bond acceptors (Lipinski definition) is 7. The number of alkyl halides is 3. The summed E-state index contributed by atoms with van der Waals surface area (Å²) in [4.78, 5) is 9.88. The molecule has 15 heteroatoms. The van der Waals surface area contributed by atoms with Gasteiger partial charge >= 0.3 is 12.1 Å². The monoisotopic (exact) mass is 581 g/mol. The first-order chi connectivity index (χ1) is 18.0. The molecule has 0 bridgehead atoms. The van der Waals surface area contributed by atoms with Gasteiger partial charge < -0.3 is 14.9 Å². The van der Waals surface area contributed by atoms with Crippen LogP contribution in [-0.4, -0.2) is 48.8 Å². The summed E-state index contributed by atoms with van der Waals surface area (Å²) in [6.07, 6.45) is -3.92. The summed E-state index contributed by atoms with van der Waals surface area (Å²) in [6.45, 7) is 4.49. The Hall–Kier alpha value is -3.59. The number of halogens is 6. The van der Waals surface area contributed by atoms with Crippen LogP contribution in [-0.2, 0) is 33.5 Å². The molecule has 8 nitrogen and oxygen atoms in total. The van der Waals surface area contributed by atoms with Gasteiger partial charge in [0.05, 0.1) is 5.69 Å². The number of aliphatic carboxylic acids is 1. The maximum Gasteiger partial charge on any atom is 0.490 e. The van der Waals surface area contributed by atoms with Gasteiger partial charge in [-0.3, -0.25) is 4.90 Å². The lowest BCUT2D eigenvalue weighted by molar-refractivity contribution is -0.192. The van der Waals surface area contributed by atoms with E-state index in [9.17, 15) is 34.8 Å². The van der Waals surface area contributed by atoms with Crippen molar-refractivity contribution in [3.05, 3.63) is 76.9 Å². The topological polar surface area (TPSA) is 113 Å². The summed E-state index contributed by atoms with van der Waals surface area (Å²) in [5.74, 6) is -6.40. The van der Waals surface area contributed by atoms with Crippen molar-refractivity contribution in [2.24, 2.45) is 0 Å². The first-order valence-electron chi connectivity index (χ1n) is 11.1. The third-order valence-electron chi connectivity index (χ3n) is 5.37. The van der Waals surface area contributed by atoms with Crippen LogP contribution in [0.4, 0.5) is 32.0 Å². The van der Waals surface area contributed by atoms with E-state index in [4.69, 9.17) is 9.90 Å². The Morgan fingerprint density at radius 2 is 1.69 bits per heavy atom. The quantitative estimate of drug-likeness (QED) is 0.334. The molecule has 1 aromatic heterocycles. The van der Waals surface area contributed by atoms with Crippen molar-refractivity contribution in [3.8, 4) is 0 Å². The van der Waals surface area contributed by atoms with E-state index in [1.807, 2.05) is 25.8 Å². The van der Waals surface area contributed by atoms with E-state index in [0.29, 0.717) is 12.1 Å². The average Bonchev–Trinajstić information content (AvgIpc) is 3.30. The number of rotatable bonds is 9. The number of carbonyl (C=O) groups is 1. The number of carboxylic acids is 1. The number of aromatic nitrogens is 1. The number of anilines is 1. The molecular weight excluding hydrogens is 556 g/mol. The fraction of sp³-hybridized carbons (Fsp3) is 0.333. The minimum atomic E-state index is -5.08. The molecule has 3 rings (SSSR count). The minimum Gasteiger partial charge on any atom is -0.475 e. The van der Waals surface area contributed by atoms with Crippen molar-refractivity contribution >= 4 is 21.5 Å². The number of carboxylic acid groups (broad SMARTS) is 1. The second-order valence-electron chi connectivity index (χ2n) is 8.56. The van der Waals surface area contributed by atoms with Gasteiger partial charge in [0.1, 0.15) is 34.4 Å². The van der Waals surface area contributed by atoms with Gasteiger partial charge in [-0.2, -0.15) is 13.2 Å². The normalized spacial score (nSPS) is 11.9. The molecule has 0 saturated heterocycles. The third kappa shape index (κ3) is 8.99. The average molecular weight is 582 g/mol. The predicted molar refractivity (Wildman–Crippen MR) is 128 cm³/mol. The molecule has 0 aliphatic rings. The van der Waals surface area contributed by atoms with Crippen LogP contribution in [0.2, 0.25) is 0 Å². The van der Waals surface area contributed by atoms with Crippen LogP contribution in [0, 0.1) is 17.5 Å². The molecule has 0 amide bonds. The van der Waals surface area contributed by atoms with E-state index in [2.05, 4.69) is 15.0 Å². The lowest BCUT2D eigenvalue weighted by atomic mass is 10.1. The number of sulfone groups is 1. The zero-order valence-corrected chi connectivity index (χ0v) is 21.7. The largest absolute Gasteiger partial charge is 0.490 e. The van der Waals surface area contributed by atoms with Crippen molar-refractivity contribution in [2.75, 3.05) is 12.4 Å². The summed E-state index contributed by atoms with van der Waals surface area (Å²) in [5, 5.41) is 13.4. The van der Waals surface area contributed by atoms with Gasteiger partial charge in [0.15, 0.2) is 9.84 Å². The summed E-state index contributed by atoms with van der Waals surface area (Å²) >= 11 is 0. The van der Waals surface area contributed by atoms with E-state index < -0.39 is 50.1 Å². The zero-order chi connectivity index (χ0) is 29.5. The molecule has 39 heavy (non-hydrogen) atoms. The summed E-state index contributed by atoms with van der Waals surface area (Å²) < 4.78 is 105. The molecule has 2 N–H and O–H groups in total. The molecule has 0 saturated carbocycles. The van der Waals surface area contributed by atoms with E-state index >= 15 is 0 Å². The Morgan fingerprint density at radius 1 is 1.10 bits per heavy atom. The first-order valence-corrected chi connectivity index (χ1v) is 12.8. The van der Waals surface area contributed by atoms with E-state index in [1.54, 1.807) is 12.1 Å². The molecule has 0 radical (unpaired) electrons. The van der Waals surface area contributed by atoms with Crippen molar-refractivity contribution in [1.82, 2.24) is 10.1 Å². The number of nitrogens with zero attached hydrogens (tertiary/aromatic N) is 2. The van der Waals surface area contributed by atoms with Crippen LogP contribution in [0.25, 0.3) is 0 Å². The van der Waals surface area contributed by atoms with Crippen LogP contribution in [0.3, 0.4) is 0 Å².